The molecule has 0 atom stereocenters. The van der Waals surface area contributed by atoms with Gasteiger partial charge >= 0.3 is 0 Å². The van der Waals surface area contributed by atoms with Crippen molar-refractivity contribution in [2.75, 3.05) is 19.6 Å². The van der Waals surface area contributed by atoms with Gasteiger partial charge in [0.05, 0.1) is 6.54 Å². The van der Waals surface area contributed by atoms with Crippen molar-refractivity contribution in [3.63, 3.8) is 0 Å². The summed E-state index contributed by atoms with van der Waals surface area (Å²) in [7, 11) is 0. The first-order valence-corrected chi connectivity index (χ1v) is 5.67. The molecule has 0 aromatic carbocycles. The van der Waals surface area contributed by atoms with E-state index in [4.69, 9.17) is 5.73 Å². The number of hydrogen-bond acceptors (Lipinski definition) is 3. The maximum atomic E-state index is 11.9. The zero-order chi connectivity index (χ0) is 12.7. The predicted molar refractivity (Wildman–Crippen MR) is 67.4 cm³/mol. The number of nitrogens with two attached hydrogens (primary N) is 1. The summed E-state index contributed by atoms with van der Waals surface area (Å²) in [5.74, 6) is 5.56. The molecule has 0 bridgehead atoms. The maximum absolute atomic E-state index is 11.9. The molecular formula is C13H17N3O. The van der Waals surface area contributed by atoms with Crippen molar-refractivity contribution in [3.8, 4) is 11.8 Å². The highest BCUT2D eigenvalue weighted by atomic mass is 16.2. The van der Waals surface area contributed by atoms with Crippen LogP contribution in [0.4, 0.5) is 0 Å². The Morgan fingerprint density at radius 1 is 1.41 bits per heavy atom. The molecule has 0 saturated carbocycles. The van der Waals surface area contributed by atoms with Crippen LogP contribution in [0.15, 0.2) is 18.3 Å². The second kappa shape index (κ2) is 6.66. The van der Waals surface area contributed by atoms with Crippen molar-refractivity contribution in [3.05, 3.63) is 29.6 Å². The van der Waals surface area contributed by atoms with E-state index in [2.05, 4.69) is 16.8 Å². The summed E-state index contributed by atoms with van der Waals surface area (Å²) >= 11 is 0. The van der Waals surface area contributed by atoms with Crippen molar-refractivity contribution in [1.82, 2.24) is 9.88 Å². The SMILES string of the molecule is CCN(CC)C(=O)c1ccc(C#CCN)cn1. The Labute approximate surface area is 102 Å². The number of carbonyl (C=O) groups excluding carboxylic acids is 1. The number of rotatable bonds is 3. The molecule has 0 radical (unpaired) electrons. The Hall–Kier alpha value is -1.86. The fraction of sp³-hybridized carbons (Fsp3) is 0.385. The third kappa shape index (κ3) is 3.58. The van der Waals surface area contributed by atoms with Gasteiger partial charge in [-0.1, -0.05) is 11.8 Å². The molecule has 0 aliphatic carbocycles. The highest BCUT2D eigenvalue weighted by molar-refractivity contribution is 5.92. The molecule has 0 fully saturated rings. The second-order valence-electron chi connectivity index (χ2n) is 3.42. The smallest absolute Gasteiger partial charge is 0.272 e. The lowest BCUT2D eigenvalue weighted by atomic mass is 10.2. The van der Waals surface area contributed by atoms with Gasteiger partial charge in [0.25, 0.3) is 5.91 Å². The van der Waals surface area contributed by atoms with E-state index >= 15 is 0 Å². The van der Waals surface area contributed by atoms with Crippen LogP contribution in [0, 0.1) is 11.8 Å². The molecule has 2 N–H and O–H groups in total. The first kappa shape index (κ1) is 13.2. The summed E-state index contributed by atoms with van der Waals surface area (Å²) in [6.07, 6.45) is 1.60. The van der Waals surface area contributed by atoms with Crippen molar-refractivity contribution in [2.45, 2.75) is 13.8 Å². The number of aromatic nitrogens is 1. The average Bonchev–Trinajstić information content (AvgIpc) is 2.38. The van der Waals surface area contributed by atoms with E-state index in [1.807, 2.05) is 13.8 Å². The van der Waals surface area contributed by atoms with Gasteiger partial charge in [-0.2, -0.15) is 0 Å². The van der Waals surface area contributed by atoms with Crippen LogP contribution in [0.5, 0.6) is 0 Å². The number of hydrogen-bond donors (Lipinski definition) is 1. The Kier molecular flexibility index (Phi) is 5.18. The van der Waals surface area contributed by atoms with Gasteiger partial charge < -0.3 is 10.6 Å². The summed E-state index contributed by atoms with van der Waals surface area (Å²) in [5, 5.41) is 0. The van der Waals surface area contributed by atoms with Crippen LogP contribution < -0.4 is 5.73 Å². The highest BCUT2D eigenvalue weighted by Crippen LogP contribution is 2.03. The molecular weight excluding hydrogens is 214 g/mol. The molecule has 17 heavy (non-hydrogen) atoms. The minimum absolute atomic E-state index is 0.0478. The average molecular weight is 231 g/mol. The minimum Gasteiger partial charge on any atom is -0.338 e. The lowest BCUT2D eigenvalue weighted by molar-refractivity contribution is 0.0767. The topological polar surface area (TPSA) is 59.2 Å². The minimum atomic E-state index is -0.0478. The van der Waals surface area contributed by atoms with Crippen LogP contribution in [0.25, 0.3) is 0 Å². The number of pyridine rings is 1. The molecule has 1 amide bonds. The van der Waals surface area contributed by atoms with Crippen LogP contribution in [-0.4, -0.2) is 35.4 Å². The summed E-state index contributed by atoms with van der Waals surface area (Å²) in [6, 6.07) is 3.48. The largest absolute Gasteiger partial charge is 0.338 e. The number of nitrogens with zero attached hydrogens (tertiary/aromatic N) is 2. The second-order valence-corrected chi connectivity index (χ2v) is 3.42. The summed E-state index contributed by atoms with van der Waals surface area (Å²) in [4.78, 5) is 17.8. The highest BCUT2D eigenvalue weighted by Gasteiger charge is 2.12. The van der Waals surface area contributed by atoms with E-state index in [1.54, 1.807) is 23.2 Å². The fourth-order valence-electron chi connectivity index (χ4n) is 1.42. The molecule has 0 spiro atoms. The molecule has 1 aromatic rings. The van der Waals surface area contributed by atoms with Gasteiger partial charge in [0.15, 0.2) is 0 Å². The Bertz CT molecular complexity index is 424. The molecule has 1 aromatic heterocycles. The third-order valence-corrected chi connectivity index (χ3v) is 2.37. The zero-order valence-electron chi connectivity index (χ0n) is 10.2. The van der Waals surface area contributed by atoms with Crippen molar-refractivity contribution in [1.29, 1.82) is 0 Å². The molecule has 0 saturated heterocycles. The van der Waals surface area contributed by atoms with Crippen LogP contribution >= 0.6 is 0 Å². The van der Waals surface area contributed by atoms with Gasteiger partial charge in [-0.25, -0.2) is 4.98 Å². The zero-order valence-corrected chi connectivity index (χ0v) is 10.2. The molecule has 4 nitrogen and oxygen atoms in total. The Morgan fingerprint density at radius 3 is 2.59 bits per heavy atom. The van der Waals surface area contributed by atoms with Crippen molar-refractivity contribution in [2.24, 2.45) is 5.73 Å². The molecule has 0 aliphatic heterocycles. The van der Waals surface area contributed by atoms with E-state index in [1.165, 1.54) is 0 Å². The predicted octanol–water partition coefficient (Wildman–Crippen LogP) is 0.874. The van der Waals surface area contributed by atoms with Crippen LogP contribution in [0.3, 0.4) is 0 Å². The molecule has 0 aliphatic rings. The van der Waals surface area contributed by atoms with Crippen LogP contribution in [-0.2, 0) is 0 Å². The lowest BCUT2D eigenvalue weighted by Crippen LogP contribution is -2.31. The fourth-order valence-corrected chi connectivity index (χ4v) is 1.42. The lowest BCUT2D eigenvalue weighted by Gasteiger charge is -2.17. The van der Waals surface area contributed by atoms with Gasteiger partial charge in [0.1, 0.15) is 5.69 Å². The third-order valence-electron chi connectivity index (χ3n) is 2.37. The number of amides is 1. The van der Waals surface area contributed by atoms with E-state index in [0.717, 1.165) is 5.56 Å². The van der Waals surface area contributed by atoms with E-state index in [-0.39, 0.29) is 5.91 Å². The van der Waals surface area contributed by atoms with E-state index < -0.39 is 0 Å². The molecule has 90 valence electrons. The maximum Gasteiger partial charge on any atom is 0.272 e. The molecule has 1 heterocycles. The Morgan fingerprint density at radius 2 is 2.12 bits per heavy atom. The van der Waals surface area contributed by atoms with Crippen LogP contribution in [0.1, 0.15) is 29.9 Å². The first-order valence-electron chi connectivity index (χ1n) is 5.67. The summed E-state index contributed by atoms with van der Waals surface area (Å²) in [6.45, 7) is 5.59. The Balaban J connectivity index is 2.83. The van der Waals surface area contributed by atoms with E-state index in [9.17, 15) is 4.79 Å². The van der Waals surface area contributed by atoms with Crippen LogP contribution in [0.2, 0.25) is 0 Å². The normalized spacial score (nSPS) is 9.35. The monoisotopic (exact) mass is 231 g/mol. The molecule has 4 heteroatoms. The summed E-state index contributed by atoms with van der Waals surface area (Å²) in [5.41, 5.74) is 6.50. The van der Waals surface area contributed by atoms with Gasteiger partial charge in [0, 0.05) is 24.8 Å². The number of carbonyl (C=O) groups is 1. The van der Waals surface area contributed by atoms with Crippen molar-refractivity contribution < 1.29 is 4.79 Å². The van der Waals surface area contributed by atoms with E-state index in [0.29, 0.717) is 25.3 Å². The standard InChI is InChI=1S/C13H17N3O/c1-3-16(4-2)13(17)12-8-7-11(10-15-12)6-5-9-14/h7-8,10H,3-4,9,14H2,1-2H3. The quantitative estimate of drug-likeness (QED) is 0.785. The van der Waals surface area contributed by atoms with Gasteiger partial charge in [-0.3, -0.25) is 4.79 Å². The summed E-state index contributed by atoms with van der Waals surface area (Å²) < 4.78 is 0. The van der Waals surface area contributed by atoms with Gasteiger partial charge in [0.2, 0.25) is 0 Å². The van der Waals surface area contributed by atoms with Gasteiger partial charge in [-0.15, -0.1) is 0 Å². The van der Waals surface area contributed by atoms with Gasteiger partial charge in [-0.05, 0) is 26.0 Å². The molecule has 0 unspecified atom stereocenters. The van der Waals surface area contributed by atoms with Crippen molar-refractivity contribution >= 4 is 5.91 Å². The first-order chi connectivity index (χ1) is 8.22. The molecule has 1 rings (SSSR count).